The standard InChI is InChI=1S/C12H19BrN2OS/c13-9-7-12(17-8-9)11(15-14)5-1-3-10-4-2-6-16-10/h7-8,10-11,15H,1-6,14H2. The summed E-state index contributed by atoms with van der Waals surface area (Å²) in [5.41, 5.74) is 2.91. The maximum atomic E-state index is 5.62. The Hall–Kier alpha value is 0.0600. The molecule has 1 saturated heterocycles. The Bertz CT molecular complexity index is 339. The van der Waals surface area contributed by atoms with Crippen LogP contribution in [0.15, 0.2) is 15.9 Å². The molecule has 17 heavy (non-hydrogen) atoms. The highest BCUT2D eigenvalue weighted by Crippen LogP contribution is 2.29. The molecule has 0 aliphatic carbocycles. The molecule has 1 aromatic heterocycles. The molecule has 5 heteroatoms. The first-order valence-corrected chi connectivity index (χ1v) is 7.78. The molecule has 0 amide bonds. The smallest absolute Gasteiger partial charge is 0.0576 e. The molecule has 1 aliphatic heterocycles. The molecule has 1 fully saturated rings. The molecule has 3 nitrogen and oxygen atoms in total. The van der Waals surface area contributed by atoms with E-state index in [4.69, 9.17) is 10.6 Å². The van der Waals surface area contributed by atoms with Crippen LogP contribution >= 0.6 is 27.3 Å². The number of rotatable bonds is 6. The maximum absolute atomic E-state index is 5.62. The molecule has 96 valence electrons. The van der Waals surface area contributed by atoms with Gasteiger partial charge in [0.25, 0.3) is 0 Å². The van der Waals surface area contributed by atoms with Gasteiger partial charge in [0, 0.05) is 21.3 Å². The van der Waals surface area contributed by atoms with Crippen molar-refractivity contribution in [2.45, 2.75) is 44.2 Å². The highest BCUT2D eigenvalue weighted by atomic mass is 79.9. The van der Waals surface area contributed by atoms with Crippen molar-refractivity contribution >= 4 is 27.3 Å². The SMILES string of the molecule is NNC(CCCC1CCCO1)c1cc(Br)cs1. The molecule has 0 aromatic carbocycles. The van der Waals surface area contributed by atoms with E-state index in [0.29, 0.717) is 6.10 Å². The molecule has 0 radical (unpaired) electrons. The summed E-state index contributed by atoms with van der Waals surface area (Å²) in [6, 6.07) is 2.41. The minimum Gasteiger partial charge on any atom is -0.378 e. The number of hydrogen-bond acceptors (Lipinski definition) is 4. The lowest BCUT2D eigenvalue weighted by Gasteiger charge is -2.15. The third-order valence-corrected chi connectivity index (χ3v) is 4.98. The van der Waals surface area contributed by atoms with E-state index in [1.165, 1.54) is 17.7 Å². The van der Waals surface area contributed by atoms with Crippen LogP contribution in [0, 0.1) is 0 Å². The summed E-state index contributed by atoms with van der Waals surface area (Å²) in [4.78, 5) is 1.30. The molecule has 1 aliphatic rings. The largest absolute Gasteiger partial charge is 0.378 e. The van der Waals surface area contributed by atoms with Gasteiger partial charge >= 0.3 is 0 Å². The summed E-state index contributed by atoms with van der Waals surface area (Å²) in [6.07, 6.45) is 6.33. The number of nitrogens with one attached hydrogen (secondary N) is 1. The lowest BCUT2D eigenvalue weighted by atomic mass is 10.0. The fourth-order valence-electron chi connectivity index (χ4n) is 2.24. The van der Waals surface area contributed by atoms with Crippen molar-refractivity contribution < 1.29 is 4.74 Å². The van der Waals surface area contributed by atoms with E-state index >= 15 is 0 Å². The number of hydrazine groups is 1. The van der Waals surface area contributed by atoms with Crippen molar-refractivity contribution in [1.82, 2.24) is 5.43 Å². The highest BCUT2D eigenvalue weighted by Gasteiger charge is 2.17. The highest BCUT2D eigenvalue weighted by molar-refractivity contribution is 9.10. The Kier molecular flexibility index (Phi) is 5.44. The quantitative estimate of drug-likeness (QED) is 0.624. The van der Waals surface area contributed by atoms with E-state index in [2.05, 4.69) is 32.8 Å². The zero-order valence-corrected chi connectivity index (χ0v) is 12.2. The van der Waals surface area contributed by atoms with Gasteiger partial charge < -0.3 is 4.74 Å². The molecule has 2 rings (SSSR count). The number of nitrogens with two attached hydrogens (primary N) is 1. The first-order valence-electron chi connectivity index (χ1n) is 6.11. The van der Waals surface area contributed by atoms with Crippen LogP contribution in [-0.4, -0.2) is 12.7 Å². The number of thiophene rings is 1. The van der Waals surface area contributed by atoms with Gasteiger partial charge in [-0.3, -0.25) is 11.3 Å². The average Bonchev–Trinajstić information content (AvgIpc) is 2.96. The van der Waals surface area contributed by atoms with Crippen LogP contribution in [0.25, 0.3) is 0 Å². The van der Waals surface area contributed by atoms with Crippen molar-refractivity contribution in [3.63, 3.8) is 0 Å². The summed E-state index contributed by atoms with van der Waals surface area (Å²) < 4.78 is 6.76. The molecule has 2 atom stereocenters. The van der Waals surface area contributed by atoms with E-state index in [0.717, 1.165) is 30.3 Å². The second kappa shape index (κ2) is 6.85. The topological polar surface area (TPSA) is 47.3 Å². The Balaban J connectivity index is 1.75. The summed E-state index contributed by atoms with van der Waals surface area (Å²) >= 11 is 5.22. The second-order valence-corrected chi connectivity index (χ2v) is 6.31. The van der Waals surface area contributed by atoms with Gasteiger partial charge in [-0.2, -0.15) is 0 Å². The van der Waals surface area contributed by atoms with Crippen LogP contribution in [0.1, 0.15) is 43.0 Å². The molecule has 0 spiro atoms. The van der Waals surface area contributed by atoms with Gasteiger partial charge in [-0.1, -0.05) is 0 Å². The van der Waals surface area contributed by atoms with Crippen molar-refractivity contribution in [1.29, 1.82) is 0 Å². The fourth-order valence-corrected chi connectivity index (χ4v) is 3.78. The van der Waals surface area contributed by atoms with Crippen LogP contribution in [0.3, 0.4) is 0 Å². The van der Waals surface area contributed by atoms with Crippen LogP contribution in [0.2, 0.25) is 0 Å². The van der Waals surface area contributed by atoms with E-state index in [9.17, 15) is 0 Å². The summed E-state index contributed by atoms with van der Waals surface area (Å²) in [5.74, 6) is 5.62. The lowest BCUT2D eigenvalue weighted by Crippen LogP contribution is -2.27. The minimum atomic E-state index is 0.271. The Morgan fingerprint density at radius 3 is 3.12 bits per heavy atom. The minimum absolute atomic E-state index is 0.271. The molecule has 2 unspecified atom stereocenters. The van der Waals surface area contributed by atoms with Gasteiger partial charge in [-0.25, -0.2) is 0 Å². The molecule has 0 bridgehead atoms. The first kappa shape index (κ1) is 13.5. The van der Waals surface area contributed by atoms with Gasteiger partial charge in [0.15, 0.2) is 0 Å². The summed E-state index contributed by atoms with van der Waals surface area (Å²) in [7, 11) is 0. The fraction of sp³-hybridized carbons (Fsp3) is 0.667. The van der Waals surface area contributed by atoms with Gasteiger partial charge in [0.2, 0.25) is 0 Å². The van der Waals surface area contributed by atoms with Crippen LogP contribution in [0.5, 0.6) is 0 Å². The van der Waals surface area contributed by atoms with Crippen LogP contribution < -0.4 is 11.3 Å². The van der Waals surface area contributed by atoms with Gasteiger partial charge in [-0.05, 0) is 54.1 Å². The van der Waals surface area contributed by atoms with Crippen molar-refractivity contribution in [3.05, 3.63) is 20.8 Å². The van der Waals surface area contributed by atoms with E-state index in [-0.39, 0.29) is 6.04 Å². The lowest BCUT2D eigenvalue weighted by molar-refractivity contribution is 0.101. The van der Waals surface area contributed by atoms with Crippen molar-refractivity contribution in [2.24, 2.45) is 5.84 Å². The number of hydrogen-bond donors (Lipinski definition) is 2. The molecule has 1 aromatic rings. The third-order valence-electron chi connectivity index (χ3n) is 3.18. The number of halogens is 1. The average molecular weight is 319 g/mol. The summed E-state index contributed by atoms with van der Waals surface area (Å²) in [5, 5.41) is 2.10. The monoisotopic (exact) mass is 318 g/mol. The Morgan fingerprint density at radius 1 is 1.65 bits per heavy atom. The van der Waals surface area contributed by atoms with E-state index in [1.54, 1.807) is 11.3 Å². The Morgan fingerprint density at radius 2 is 2.53 bits per heavy atom. The van der Waals surface area contributed by atoms with Crippen LogP contribution in [0.4, 0.5) is 0 Å². The van der Waals surface area contributed by atoms with Crippen molar-refractivity contribution in [3.8, 4) is 0 Å². The second-order valence-electron chi connectivity index (χ2n) is 4.45. The molecule has 2 heterocycles. The Labute approximate surface area is 115 Å². The zero-order chi connectivity index (χ0) is 12.1. The predicted molar refractivity (Wildman–Crippen MR) is 74.9 cm³/mol. The van der Waals surface area contributed by atoms with Gasteiger partial charge in [0.05, 0.1) is 12.1 Å². The zero-order valence-electron chi connectivity index (χ0n) is 9.82. The maximum Gasteiger partial charge on any atom is 0.0576 e. The van der Waals surface area contributed by atoms with Crippen LogP contribution in [-0.2, 0) is 4.74 Å². The normalized spacial score (nSPS) is 21.9. The number of ether oxygens (including phenoxy) is 1. The molecule has 3 N–H and O–H groups in total. The molecular formula is C12H19BrN2OS. The summed E-state index contributed by atoms with van der Waals surface area (Å²) in [6.45, 7) is 0.946. The molecular weight excluding hydrogens is 300 g/mol. The van der Waals surface area contributed by atoms with Crippen molar-refractivity contribution in [2.75, 3.05) is 6.61 Å². The third kappa shape index (κ3) is 4.03. The molecule has 0 saturated carbocycles. The van der Waals surface area contributed by atoms with E-state index in [1.807, 2.05) is 0 Å². The van der Waals surface area contributed by atoms with E-state index < -0.39 is 0 Å². The predicted octanol–water partition coefficient (Wildman–Crippen LogP) is 3.36. The first-order chi connectivity index (χ1) is 8.29. The van der Waals surface area contributed by atoms with Gasteiger partial charge in [-0.15, -0.1) is 11.3 Å². The van der Waals surface area contributed by atoms with Gasteiger partial charge in [0.1, 0.15) is 0 Å².